The average molecular weight is 392 g/mol. The Hall–Kier alpha value is -3.01. The Morgan fingerprint density at radius 1 is 1.03 bits per heavy atom. The Balaban J connectivity index is 1.98. The second-order valence-corrected chi connectivity index (χ2v) is 7.10. The first-order valence-electron chi connectivity index (χ1n) is 10.0. The van der Waals surface area contributed by atoms with Crippen molar-refractivity contribution >= 4 is 18.0 Å². The van der Waals surface area contributed by atoms with Gasteiger partial charge in [-0.15, -0.1) is 0 Å². The number of hydrogen-bond acceptors (Lipinski definition) is 4. The molecule has 1 atom stereocenters. The van der Waals surface area contributed by atoms with Crippen LogP contribution in [0.1, 0.15) is 67.2 Å². The molecule has 0 saturated heterocycles. The van der Waals surface area contributed by atoms with Gasteiger partial charge in [0.1, 0.15) is 11.5 Å². The van der Waals surface area contributed by atoms with Crippen LogP contribution in [-0.2, 0) is 22.4 Å². The fourth-order valence-corrected chi connectivity index (χ4v) is 2.89. The van der Waals surface area contributed by atoms with Crippen LogP contribution in [-0.4, -0.2) is 18.0 Å². The number of nitrogens with zero attached hydrogens (tertiary/aromatic N) is 1. The highest BCUT2D eigenvalue weighted by Crippen LogP contribution is 2.18. The lowest BCUT2D eigenvalue weighted by atomic mass is 10.0. The molecular weight excluding hydrogens is 362 g/mol. The fourth-order valence-electron chi connectivity index (χ4n) is 2.89. The van der Waals surface area contributed by atoms with Crippen LogP contribution >= 0.6 is 0 Å². The summed E-state index contributed by atoms with van der Waals surface area (Å²) in [6.45, 7) is 7.49. The number of Topliss-reactive ketones (excluding diaryl/α,β-unsaturated/α-hetero) is 1. The lowest BCUT2D eigenvalue weighted by Crippen LogP contribution is -2.06. The number of ketones is 1. The molecule has 4 nitrogen and oxygen atoms in total. The molecule has 0 saturated carbocycles. The van der Waals surface area contributed by atoms with Crippen molar-refractivity contribution in [1.29, 1.82) is 0 Å². The molecule has 2 aromatic rings. The molecule has 0 aliphatic carbocycles. The summed E-state index contributed by atoms with van der Waals surface area (Å²) in [6, 6.07) is 15.2. The summed E-state index contributed by atoms with van der Waals surface area (Å²) in [6.07, 6.45) is 5.80. The van der Waals surface area contributed by atoms with E-state index in [1.165, 1.54) is 5.56 Å². The zero-order valence-corrected chi connectivity index (χ0v) is 17.6. The normalized spacial score (nSPS) is 12.8. The number of carbonyl (C=O) groups is 2. The zero-order chi connectivity index (χ0) is 21.2. The van der Waals surface area contributed by atoms with Crippen LogP contribution < -0.4 is 0 Å². The Morgan fingerprint density at radius 2 is 1.66 bits per heavy atom. The van der Waals surface area contributed by atoms with Crippen molar-refractivity contribution < 1.29 is 14.3 Å². The van der Waals surface area contributed by atoms with E-state index < -0.39 is 5.97 Å². The molecule has 29 heavy (non-hydrogen) atoms. The monoisotopic (exact) mass is 391 g/mol. The first-order chi connectivity index (χ1) is 13.9. The van der Waals surface area contributed by atoms with Gasteiger partial charge in [0, 0.05) is 6.42 Å². The molecular formula is C25H29NO3. The number of ether oxygens (including phenoxy) is 1. The van der Waals surface area contributed by atoms with Crippen LogP contribution in [0.5, 0.6) is 0 Å². The summed E-state index contributed by atoms with van der Waals surface area (Å²) in [5.41, 5.74) is 3.75. The van der Waals surface area contributed by atoms with Gasteiger partial charge in [0.05, 0.1) is 17.8 Å². The zero-order valence-electron chi connectivity index (χ0n) is 17.6. The van der Waals surface area contributed by atoms with Crippen molar-refractivity contribution in [3.05, 3.63) is 82.6 Å². The molecule has 0 heterocycles. The number of aryl methyl sites for hydroxylation is 1. The molecule has 0 fully saturated rings. The van der Waals surface area contributed by atoms with Gasteiger partial charge in [0.25, 0.3) is 0 Å². The quantitative estimate of drug-likeness (QED) is 0.315. The number of allylic oxidation sites excluding steroid dienone is 2. The van der Waals surface area contributed by atoms with E-state index in [0.717, 1.165) is 24.0 Å². The molecule has 1 unspecified atom stereocenters. The summed E-state index contributed by atoms with van der Waals surface area (Å²) >= 11 is 0. The molecule has 0 aliphatic rings. The second-order valence-electron chi connectivity index (χ2n) is 7.10. The van der Waals surface area contributed by atoms with Gasteiger partial charge in [0.15, 0.2) is 0 Å². The summed E-state index contributed by atoms with van der Waals surface area (Å²) in [7, 11) is 0. The van der Waals surface area contributed by atoms with E-state index in [1.807, 2.05) is 43.3 Å². The lowest BCUT2D eigenvalue weighted by molar-refractivity contribution is -0.116. The number of aliphatic imine (C=N–C) groups is 1. The van der Waals surface area contributed by atoms with E-state index >= 15 is 0 Å². The predicted octanol–water partition coefficient (Wildman–Crippen LogP) is 5.66. The molecule has 0 aromatic heterocycles. The molecule has 0 N–H and O–H groups in total. The van der Waals surface area contributed by atoms with Crippen LogP contribution in [0.2, 0.25) is 0 Å². The Kier molecular flexibility index (Phi) is 8.53. The highest BCUT2D eigenvalue weighted by atomic mass is 16.5. The first kappa shape index (κ1) is 22.3. The second kappa shape index (κ2) is 11.1. The summed E-state index contributed by atoms with van der Waals surface area (Å²) in [5, 5.41) is 0. The van der Waals surface area contributed by atoms with Gasteiger partial charge in [-0.1, -0.05) is 49.7 Å². The van der Waals surface area contributed by atoms with Crippen LogP contribution in [0, 0.1) is 0 Å². The van der Waals surface area contributed by atoms with Crippen molar-refractivity contribution in [3.8, 4) is 0 Å². The first-order valence-corrected chi connectivity index (χ1v) is 10.0. The van der Waals surface area contributed by atoms with Gasteiger partial charge in [0.2, 0.25) is 0 Å². The van der Waals surface area contributed by atoms with Crippen molar-refractivity contribution in [2.24, 2.45) is 4.99 Å². The number of rotatable bonds is 9. The molecule has 0 spiro atoms. The molecule has 0 radical (unpaired) electrons. The standard InChI is InChI=1S/C25H29NO3/c1-5-7-20-8-14-23(15-9-20)25(28)29-24(6-2)17-26-19(4)22-12-10-21(11-13-22)16-18(3)27/h6,8-15,17,19H,5,7,16H2,1-4H3/b24-6+,26-17-. The van der Waals surface area contributed by atoms with Crippen molar-refractivity contribution in [2.45, 2.75) is 53.0 Å². The number of esters is 1. The van der Waals surface area contributed by atoms with Gasteiger partial charge < -0.3 is 4.74 Å². The highest BCUT2D eigenvalue weighted by molar-refractivity contribution is 5.93. The Morgan fingerprint density at radius 3 is 2.21 bits per heavy atom. The van der Waals surface area contributed by atoms with Gasteiger partial charge in [-0.2, -0.15) is 0 Å². The Labute approximate surface area is 173 Å². The van der Waals surface area contributed by atoms with Crippen LogP contribution in [0.3, 0.4) is 0 Å². The minimum Gasteiger partial charge on any atom is -0.422 e. The highest BCUT2D eigenvalue weighted by Gasteiger charge is 2.10. The molecule has 2 rings (SSSR count). The fraction of sp³-hybridized carbons (Fsp3) is 0.320. The van der Waals surface area contributed by atoms with Gasteiger partial charge in [-0.25, -0.2) is 4.79 Å². The van der Waals surface area contributed by atoms with E-state index in [4.69, 9.17) is 4.74 Å². The van der Waals surface area contributed by atoms with Crippen LogP contribution in [0.25, 0.3) is 0 Å². The van der Waals surface area contributed by atoms with Crippen LogP contribution in [0.15, 0.2) is 65.4 Å². The lowest BCUT2D eigenvalue weighted by Gasteiger charge is -2.09. The number of hydrogen-bond donors (Lipinski definition) is 0. The SMILES string of the molecule is C/C=C(\C=N/C(C)c1ccc(CC(C)=O)cc1)OC(=O)c1ccc(CCC)cc1. The van der Waals surface area contributed by atoms with Gasteiger partial charge in [-0.3, -0.25) is 9.79 Å². The van der Waals surface area contributed by atoms with Crippen molar-refractivity contribution in [1.82, 2.24) is 0 Å². The maximum atomic E-state index is 12.4. The molecule has 152 valence electrons. The third kappa shape index (κ3) is 7.15. The third-order valence-electron chi connectivity index (χ3n) is 4.56. The minimum atomic E-state index is -0.395. The molecule has 4 heteroatoms. The van der Waals surface area contributed by atoms with E-state index in [0.29, 0.717) is 17.7 Å². The smallest absolute Gasteiger partial charge is 0.343 e. The van der Waals surface area contributed by atoms with E-state index in [1.54, 1.807) is 38.3 Å². The van der Waals surface area contributed by atoms with Crippen molar-refractivity contribution in [3.63, 3.8) is 0 Å². The van der Waals surface area contributed by atoms with E-state index in [9.17, 15) is 9.59 Å². The number of benzene rings is 2. The van der Waals surface area contributed by atoms with E-state index in [2.05, 4.69) is 11.9 Å². The minimum absolute atomic E-state index is 0.0941. The maximum Gasteiger partial charge on any atom is 0.343 e. The molecule has 0 aliphatic heterocycles. The number of carbonyl (C=O) groups excluding carboxylic acids is 2. The van der Waals surface area contributed by atoms with E-state index in [-0.39, 0.29) is 11.8 Å². The van der Waals surface area contributed by atoms with Gasteiger partial charge in [-0.05, 0) is 62.1 Å². The average Bonchev–Trinajstić information content (AvgIpc) is 2.71. The van der Waals surface area contributed by atoms with Gasteiger partial charge >= 0.3 is 5.97 Å². The topological polar surface area (TPSA) is 55.7 Å². The van der Waals surface area contributed by atoms with Crippen molar-refractivity contribution in [2.75, 3.05) is 0 Å². The molecule has 0 bridgehead atoms. The molecule has 2 aromatic carbocycles. The van der Waals surface area contributed by atoms with Crippen LogP contribution in [0.4, 0.5) is 0 Å². The Bertz CT molecular complexity index is 877. The predicted molar refractivity (Wildman–Crippen MR) is 117 cm³/mol. The summed E-state index contributed by atoms with van der Waals surface area (Å²) in [5.74, 6) is 0.157. The summed E-state index contributed by atoms with van der Waals surface area (Å²) in [4.78, 5) is 28.1. The third-order valence-corrected chi connectivity index (χ3v) is 4.56. The maximum absolute atomic E-state index is 12.4. The largest absolute Gasteiger partial charge is 0.422 e. The summed E-state index contributed by atoms with van der Waals surface area (Å²) < 4.78 is 5.47. The molecule has 0 amide bonds.